The molecule has 0 saturated carbocycles. The first-order valence-corrected chi connectivity index (χ1v) is 14.6. The van der Waals surface area contributed by atoms with E-state index in [4.69, 9.17) is 9.47 Å². The van der Waals surface area contributed by atoms with Gasteiger partial charge in [-0.1, -0.05) is 25.3 Å². The van der Waals surface area contributed by atoms with E-state index in [9.17, 15) is 54.3 Å². The maximum Gasteiger partial charge on any atom is 0.420 e. The smallest absolute Gasteiger partial charge is 0.420 e. The number of alkyl halides is 6. The summed E-state index contributed by atoms with van der Waals surface area (Å²) >= 11 is 0. The number of aryl methyl sites for hydroxylation is 2. The maximum absolute atomic E-state index is 14.5. The first kappa shape index (κ1) is 40.5. The van der Waals surface area contributed by atoms with Gasteiger partial charge in [-0.3, -0.25) is 9.59 Å². The number of hydrogen-bond donors (Lipinski definition) is 0. The molecule has 0 bridgehead atoms. The molecule has 0 radical (unpaired) electrons. The highest BCUT2D eigenvalue weighted by atomic mass is 19.4. The predicted octanol–water partition coefficient (Wildman–Crippen LogP) is 7.21. The Morgan fingerprint density at radius 2 is 0.962 bits per heavy atom. The van der Waals surface area contributed by atoms with E-state index < -0.39 is 110 Å². The summed E-state index contributed by atoms with van der Waals surface area (Å²) in [5.41, 5.74) is -5.22. The third-order valence-corrected chi connectivity index (χ3v) is 6.58. The highest BCUT2D eigenvalue weighted by Crippen LogP contribution is 2.49. The first-order valence-electron chi connectivity index (χ1n) is 14.6. The Hall–Kier alpha value is -5.94. The highest BCUT2D eigenvalue weighted by molar-refractivity contribution is 5.81. The second-order valence-corrected chi connectivity index (χ2v) is 10.1. The highest BCUT2D eigenvalue weighted by Gasteiger charge is 2.49. The van der Waals surface area contributed by atoms with Crippen molar-refractivity contribution in [1.29, 1.82) is 0 Å². The normalized spacial score (nSPS) is 11.2. The zero-order valence-electron chi connectivity index (χ0n) is 26.5. The van der Waals surface area contributed by atoms with Crippen LogP contribution in [0.15, 0.2) is 73.8 Å². The SMILES string of the molecule is C=CC(=O)OCOc1ccc(CCC(=O)Oc2ccc(OC(=O)CCc3ccc(OCOC(=O)C=C)cc3F)c(C(F)(F)F)c2C(F)(F)F)c(F)c1. The molecule has 0 saturated heterocycles. The van der Waals surface area contributed by atoms with Crippen molar-refractivity contribution in [3.63, 3.8) is 0 Å². The molecular formula is C34H26F8O10. The minimum Gasteiger partial charge on any atom is -0.457 e. The fourth-order valence-electron chi connectivity index (χ4n) is 4.19. The lowest BCUT2D eigenvalue weighted by atomic mass is 10.0. The van der Waals surface area contributed by atoms with E-state index in [1.165, 1.54) is 12.1 Å². The number of halogens is 8. The Morgan fingerprint density at radius 3 is 1.27 bits per heavy atom. The standard InChI is InChI=1S/C34H26F8O10/c1-3-27(43)49-17-47-21-9-5-19(23(35)15-21)7-13-29(45)51-25-11-12-26(32(34(40,41)42)31(25)33(37,38)39)52-30(46)14-8-20-6-10-22(16-24(20)36)48-18-50-28(44)4-2/h3-6,9-12,15-16H,1-2,7-8,13-14,17-18H2. The van der Waals surface area contributed by atoms with Crippen LogP contribution in [0.4, 0.5) is 35.1 Å². The predicted molar refractivity (Wildman–Crippen MR) is 161 cm³/mol. The van der Waals surface area contributed by atoms with Crippen LogP contribution in [0.2, 0.25) is 0 Å². The molecule has 0 aliphatic rings. The van der Waals surface area contributed by atoms with E-state index in [1.54, 1.807) is 0 Å². The Kier molecular flexibility index (Phi) is 13.9. The summed E-state index contributed by atoms with van der Waals surface area (Å²) in [6, 6.07) is 7.13. The molecule has 3 rings (SSSR count). The largest absolute Gasteiger partial charge is 0.457 e. The average molecular weight is 747 g/mol. The van der Waals surface area contributed by atoms with Crippen molar-refractivity contribution >= 4 is 23.9 Å². The van der Waals surface area contributed by atoms with Gasteiger partial charge in [0.05, 0.1) is 12.8 Å². The van der Waals surface area contributed by atoms with Crippen molar-refractivity contribution in [2.24, 2.45) is 0 Å². The van der Waals surface area contributed by atoms with Gasteiger partial charge in [-0.25, -0.2) is 18.4 Å². The summed E-state index contributed by atoms with van der Waals surface area (Å²) in [6.45, 7) is 5.18. The van der Waals surface area contributed by atoms with Crippen molar-refractivity contribution in [1.82, 2.24) is 0 Å². The molecule has 0 spiro atoms. The van der Waals surface area contributed by atoms with Gasteiger partial charge in [0.15, 0.2) is 0 Å². The van der Waals surface area contributed by atoms with Crippen LogP contribution in [0.25, 0.3) is 0 Å². The molecule has 0 aromatic heterocycles. The summed E-state index contributed by atoms with van der Waals surface area (Å²) in [7, 11) is 0. The third-order valence-electron chi connectivity index (χ3n) is 6.58. The lowest BCUT2D eigenvalue weighted by Crippen LogP contribution is -2.22. The molecule has 0 amide bonds. The molecule has 0 fully saturated rings. The number of hydrogen-bond acceptors (Lipinski definition) is 10. The molecule has 52 heavy (non-hydrogen) atoms. The monoisotopic (exact) mass is 746 g/mol. The molecule has 0 atom stereocenters. The van der Waals surface area contributed by atoms with Gasteiger partial charge in [-0.05, 0) is 48.2 Å². The van der Waals surface area contributed by atoms with Crippen LogP contribution in [0.5, 0.6) is 23.0 Å². The second kappa shape index (κ2) is 17.8. The van der Waals surface area contributed by atoms with Gasteiger partial charge in [0, 0.05) is 24.3 Å². The van der Waals surface area contributed by atoms with E-state index in [1.807, 2.05) is 0 Å². The molecular weight excluding hydrogens is 720 g/mol. The van der Waals surface area contributed by atoms with Crippen LogP contribution >= 0.6 is 0 Å². The van der Waals surface area contributed by atoms with Crippen LogP contribution in [0, 0.1) is 11.6 Å². The summed E-state index contributed by atoms with van der Waals surface area (Å²) < 4.78 is 142. The van der Waals surface area contributed by atoms with Gasteiger partial charge < -0.3 is 28.4 Å². The van der Waals surface area contributed by atoms with E-state index in [0.29, 0.717) is 12.1 Å². The Labute approximate surface area is 289 Å². The topological polar surface area (TPSA) is 124 Å². The van der Waals surface area contributed by atoms with Crippen LogP contribution in [0.1, 0.15) is 35.1 Å². The lowest BCUT2D eigenvalue weighted by Gasteiger charge is -2.21. The lowest BCUT2D eigenvalue weighted by molar-refractivity contribution is -0.165. The van der Waals surface area contributed by atoms with Crippen LogP contribution in [-0.4, -0.2) is 37.5 Å². The Balaban J connectivity index is 1.71. The minimum absolute atomic E-state index is 0.0886. The fraction of sp³-hybridized carbons (Fsp3) is 0.235. The van der Waals surface area contributed by atoms with Gasteiger partial charge in [-0.2, -0.15) is 26.3 Å². The van der Waals surface area contributed by atoms with Crippen LogP contribution in [0.3, 0.4) is 0 Å². The first-order chi connectivity index (χ1) is 24.4. The van der Waals surface area contributed by atoms with Crippen molar-refractivity contribution in [3.05, 3.63) is 108 Å². The molecule has 0 aliphatic heterocycles. The number of carbonyl (C=O) groups is 4. The van der Waals surface area contributed by atoms with Crippen molar-refractivity contribution < 1.29 is 82.7 Å². The summed E-state index contributed by atoms with van der Waals surface area (Å²) in [5.74, 6) is -9.71. The molecule has 10 nitrogen and oxygen atoms in total. The van der Waals surface area contributed by atoms with E-state index >= 15 is 0 Å². The second-order valence-electron chi connectivity index (χ2n) is 10.1. The third kappa shape index (κ3) is 11.8. The molecule has 0 N–H and O–H groups in total. The number of rotatable bonds is 16. The molecule has 0 unspecified atom stereocenters. The number of esters is 4. The van der Waals surface area contributed by atoms with E-state index in [0.717, 1.165) is 36.4 Å². The maximum atomic E-state index is 14.5. The van der Waals surface area contributed by atoms with Gasteiger partial charge >= 0.3 is 36.2 Å². The van der Waals surface area contributed by atoms with Crippen molar-refractivity contribution in [2.75, 3.05) is 13.6 Å². The molecule has 18 heteroatoms. The fourth-order valence-corrected chi connectivity index (χ4v) is 4.19. The van der Waals surface area contributed by atoms with Crippen molar-refractivity contribution in [3.8, 4) is 23.0 Å². The minimum atomic E-state index is -5.79. The van der Waals surface area contributed by atoms with E-state index in [2.05, 4.69) is 32.1 Å². The van der Waals surface area contributed by atoms with Gasteiger partial charge in [-0.15, -0.1) is 0 Å². The molecule has 278 valence electrons. The Bertz CT molecular complexity index is 1690. The van der Waals surface area contributed by atoms with Gasteiger partial charge in [0.25, 0.3) is 0 Å². The van der Waals surface area contributed by atoms with Gasteiger partial charge in [0.2, 0.25) is 13.6 Å². The quantitative estimate of drug-likeness (QED) is 0.0489. The molecule has 0 heterocycles. The summed E-state index contributed by atoms with van der Waals surface area (Å²) in [5, 5.41) is 0. The van der Waals surface area contributed by atoms with Gasteiger partial charge in [0.1, 0.15) is 45.8 Å². The summed E-state index contributed by atoms with van der Waals surface area (Å²) in [6.07, 6.45) is -12.3. The molecule has 3 aromatic rings. The van der Waals surface area contributed by atoms with Crippen LogP contribution in [-0.2, 0) is 53.8 Å². The van der Waals surface area contributed by atoms with Crippen molar-refractivity contribution in [2.45, 2.75) is 38.0 Å². The average Bonchev–Trinajstić information content (AvgIpc) is 3.06. The zero-order chi connectivity index (χ0) is 38.6. The number of carbonyl (C=O) groups excluding carboxylic acids is 4. The Morgan fingerprint density at radius 1 is 0.596 bits per heavy atom. The van der Waals surface area contributed by atoms with E-state index in [-0.39, 0.29) is 22.6 Å². The van der Waals surface area contributed by atoms with Crippen LogP contribution < -0.4 is 18.9 Å². The zero-order valence-corrected chi connectivity index (χ0v) is 26.5. The molecule has 3 aromatic carbocycles. The molecule has 0 aliphatic carbocycles. The number of benzene rings is 3. The number of ether oxygens (including phenoxy) is 6. The summed E-state index contributed by atoms with van der Waals surface area (Å²) in [4.78, 5) is 46.9.